The van der Waals surface area contributed by atoms with E-state index >= 15 is 0 Å². The van der Waals surface area contributed by atoms with Gasteiger partial charge in [-0.25, -0.2) is 9.78 Å². The number of carbonyl (C=O) groups is 1. The van der Waals surface area contributed by atoms with Gasteiger partial charge in [0.2, 0.25) is 0 Å². The van der Waals surface area contributed by atoms with Crippen molar-refractivity contribution in [2.24, 2.45) is 0 Å². The third kappa shape index (κ3) is 4.40. The van der Waals surface area contributed by atoms with Crippen LogP contribution >= 0.6 is 11.6 Å². The van der Waals surface area contributed by atoms with E-state index in [0.29, 0.717) is 30.2 Å². The summed E-state index contributed by atoms with van der Waals surface area (Å²) in [6.45, 7) is 6.40. The predicted molar refractivity (Wildman–Crippen MR) is 114 cm³/mol. The molecular formula is C21H23ClN4O3. The molecule has 152 valence electrons. The van der Waals surface area contributed by atoms with Crippen molar-refractivity contribution in [1.82, 2.24) is 19.9 Å². The lowest BCUT2D eigenvalue weighted by Crippen LogP contribution is -2.33. The second-order valence-corrected chi connectivity index (χ2v) is 7.52. The zero-order valence-electron chi connectivity index (χ0n) is 16.6. The molecular weight excluding hydrogens is 392 g/mol. The number of amides is 1. The number of pyridine rings is 1. The lowest BCUT2D eigenvalue weighted by Gasteiger charge is -2.14. The van der Waals surface area contributed by atoms with Crippen molar-refractivity contribution in [3.8, 4) is 0 Å². The average Bonchev–Trinajstić information content (AvgIpc) is 2.68. The van der Waals surface area contributed by atoms with E-state index in [1.54, 1.807) is 25.1 Å². The maximum atomic E-state index is 12.9. The van der Waals surface area contributed by atoms with Gasteiger partial charge in [-0.3, -0.25) is 19.1 Å². The molecule has 0 radical (unpaired) electrons. The van der Waals surface area contributed by atoms with Gasteiger partial charge in [0.15, 0.2) is 5.65 Å². The molecule has 0 aliphatic carbocycles. The Balaban J connectivity index is 1.98. The summed E-state index contributed by atoms with van der Waals surface area (Å²) in [4.78, 5) is 44.4. The highest BCUT2D eigenvalue weighted by Gasteiger charge is 2.19. The average molecular weight is 415 g/mol. The topological polar surface area (TPSA) is 96.9 Å². The van der Waals surface area contributed by atoms with E-state index in [1.807, 2.05) is 26.0 Å². The first-order valence-electron chi connectivity index (χ1n) is 9.52. The van der Waals surface area contributed by atoms with Crippen molar-refractivity contribution in [2.75, 3.05) is 6.54 Å². The van der Waals surface area contributed by atoms with Crippen LogP contribution in [-0.4, -0.2) is 27.0 Å². The number of aromatic nitrogens is 3. The van der Waals surface area contributed by atoms with Crippen molar-refractivity contribution < 1.29 is 4.79 Å². The fraction of sp³-hybridized carbons (Fsp3) is 0.333. The van der Waals surface area contributed by atoms with E-state index in [4.69, 9.17) is 11.6 Å². The smallest absolute Gasteiger partial charge is 0.329 e. The maximum absolute atomic E-state index is 12.9. The quantitative estimate of drug-likeness (QED) is 0.648. The minimum atomic E-state index is -0.611. The summed E-state index contributed by atoms with van der Waals surface area (Å²) >= 11 is 5.89. The van der Waals surface area contributed by atoms with Crippen molar-refractivity contribution in [2.45, 2.75) is 39.7 Å². The molecule has 3 aromatic rings. The summed E-state index contributed by atoms with van der Waals surface area (Å²) in [6.07, 6.45) is 0.624. The summed E-state index contributed by atoms with van der Waals surface area (Å²) in [5.74, 6) is -0.347. The number of hydrogen-bond donors (Lipinski definition) is 2. The number of rotatable bonds is 6. The molecule has 29 heavy (non-hydrogen) atoms. The number of fused-ring (bicyclic) bond motifs is 1. The number of hydrogen-bond acceptors (Lipinski definition) is 4. The van der Waals surface area contributed by atoms with Gasteiger partial charge in [0.1, 0.15) is 0 Å². The van der Waals surface area contributed by atoms with E-state index in [-0.39, 0.29) is 28.4 Å². The molecule has 7 nitrogen and oxygen atoms in total. The first-order chi connectivity index (χ1) is 13.8. The number of halogens is 1. The van der Waals surface area contributed by atoms with Gasteiger partial charge in [-0.1, -0.05) is 37.6 Å². The van der Waals surface area contributed by atoms with Crippen LogP contribution < -0.4 is 16.6 Å². The Hall–Kier alpha value is -2.93. The van der Waals surface area contributed by atoms with Crippen LogP contribution in [0, 0.1) is 0 Å². The molecule has 0 atom stereocenters. The van der Waals surface area contributed by atoms with Gasteiger partial charge in [-0.2, -0.15) is 0 Å². The largest absolute Gasteiger partial charge is 0.352 e. The van der Waals surface area contributed by atoms with E-state index in [1.165, 1.54) is 4.57 Å². The summed E-state index contributed by atoms with van der Waals surface area (Å²) < 4.78 is 1.37. The fourth-order valence-corrected chi connectivity index (χ4v) is 3.25. The lowest BCUT2D eigenvalue weighted by molar-refractivity contribution is 0.0955. The lowest BCUT2D eigenvalue weighted by atomic mass is 10.0. The Morgan fingerprint density at radius 3 is 2.55 bits per heavy atom. The highest BCUT2D eigenvalue weighted by atomic mass is 35.5. The van der Waals surface area contributed by atoms with Crippen molar-refractivity contribution in [1.29, 1.82) is 0 Å². The monoisotopic (exact) mass is 414 g/mol. The molecule has 0 saturated heterocycles. The first-order valence-corrected chi connectivity index (χ1v) is 9.90. The van der Waals surface area contributed by atoms with Gasteiger partial charge in [0, 0.05) is 23.8 Å². The molecule has 3 rings (SSSR count). The molecule has 0 saturated carbocycles. The number of benzene rings is 1. The minimum Gasteiger partial charge on any atom is -0.352 e. The van der Waals surface area contributed by atoms with Gasteiger partial charge < -0.3 is 5.32 Å². The Morgan fingerprint density at radius 1 is 1.24 bits per heavy atom. The predicted octanol–water partition coefficient (Wildman–Crippen LogP) is 2.85. The molecule has 8 heteroatoms. The fourth-order valence-electron chi connectivity index (χ4n) is 3.13. The number of H-pyrrole nitrogens is 1. The molecule has 1 aromatic carbocycles. The summed E-state index contributed by atoms with van der Waals surface area (Å²) in [5.41, 5.74) is 0.990. The van der Waals surface area contributed by atoms with Crippen LogP contribution in [0.15, 0.2) is 39.9 Å². The van der Waals surface area contributed by atoms with E-state index in [2.05, 4.69) is 15.3 Å². The van der Waals surface area contributed by atoms with Crippen LogP contribution in [0.5, 0.6) is 0 Å². The Labute approximate surface area is 172 Å². The second kappa shape index (κ2) is 8.61. The summed E-state index contributed by atoms with van der Waals surface area (Å²) in [7, 11) is 0. The SMILES string of the molecule is CCn1c(=O)[nH]c(=O)c2c(C(=O)NCCc3ccc(Cl)cc3)cc(C(C)C)nc21. The van der Waals surface area contributed by atoms with Gasteiger partial charge in [0.05, 0.1) is 10.9 Å². The van der Waals surface area contributed by atoms with E-state index in [0.717, 1.165) is 5.56 Å². The number of carbonyl (C=O) groups excluding carboxylic acids is 1. The number of aromatic amines is 1. The molecule has 0 fully saturated rings. The van der Waals surface area contributed by atoms with Gasteiger partial charge >= 0.3 is 5.69 Å². The number of nitrogens with one attached hydrogen (secondary N) is 2. The van der Waals surface area contributed by atoms with Crippen LogP contribution in [0.1, 0.15) is 48.3 Å². The number of aryl methyl sites for hydroxylation is 1. The molecule has 0 aliphatic rings. The van der Waals surface area contributed by atoms with Crippen molar-refractivity contribution in [3.63, 3.8) is 0 Å². The third-order valence-electron chi connectivity index (χ3n) is 4.73. The molecule has 2 heterocycles. The molecule has 0 unspecified atom stereocenters. The highest BCUT2D eigenvalue weighted by Crippen LogP contribution is 2.19. The van der Waals surface area contributed by atoms with Crippen LogP contribution in [0.2, 0.25) is 5.02 Å². The Morgan fingerprint density at radius 2 is 1.93 bits per heavy atom. The molecule has 1 amide bonds. The molecule has 2 aromatic heterocycles. The summed E-state index contributed by atoms with van der Waals surface area (Å²) in [5, 5.41) is 3.64. The Bertz CT molecular complexity index is 1160. The Kier molecular flexibility index (Phi) is 6.17. The molecule has 0 bridgehead atoms. The van der Waals surface area contributed by atoms with Crippen LogP contribution in [0.3, 0.4) is 0 Å². The maximum Gasteiger partial charge on any atom is 0.329 e. The second-order valence-electron chi connectivity index (χ2n) is 7.08. The normalized spacial score (nSPS) is 11.2. The highest BCUT2D eigenvalue weighted by molar-refractivity contribution is 6.30. The van der Waals surface area contributed by atoms with Crippen LogP contribution in [-0.2, 0) is 13.0 Å². The molecule has 0 aliphatic heterocycles. The van der Waals surface area contributed by atoms with Crippen molar-refractivity contribution in [3.05, 3.63) is 73.0 Å². The van der Waals surface area contributed by atoms with Crippen LogP contribution in [0.4, 0.5) is 0 Å². The van der Waals surface area contributed by atoms with Crippen molar-refractivity contribution >= 4 is 28.5 Å². The van der Waals surface area contributed by atoms with E-state index < -0.39 is 11.2 Å². The van der Waals surface area contributed by atoms with Gasteiger partial charge in [0.25, 0.3) is 11.5 Å². The first kappa shape index (κ1) is 20.8. The molecule has 2 N–H and O–H groups in total. The molecule has 0 spiro atoms. The van der Waals surface area contributed by atoms with Gasteiger partial charge in [-0.05, 0) is 43.0 Å². The third-order valence-corrected chi connectivity index (χ3v) is 4.99. The zero-order valence-corrected chi connectivity index (χ0v) is 17.3. The number of nitrogens with zero attached hydrogens (tertiary/aromatic N) is 2. The minimum absolute atomic E-state index is 0.0275. The zero-order chi connectivity index (χ0) is 21.1. The van der Waals surface area contributed by atoms with Gasteiger partial charge in [-0.15, -0.1) is 0 Å². The van der Waals surface area contributed by atoms with Crippen LogP contribution in [0.25, 0.3) is 11.0 Å². The van der Waals surface area contributed by atoms with E-state index in [9.17, 15) is 14.4 Å². The standard InChI is InChI=1S/C21H23ClN4O3/c1-4-26-18-17(20(28)25-21(26)29)15(11-16(24-18)12(2)3)19(27)23-10-9-13-5-7-14(22)8-6-13/h5-8,11-12H,4,9-10H2,1-3H3,(H,23,27)(H,25,28,29). The summed E-state index contributed by atoms with van der Waals surface area (Å²) in [6, 6.07) is 9.03.